The third-order valence-corrected chi connectivity index (χ3v) is 7.13. The van der Waals surface area contributed by atoms with Crippen LogP contribution in [0.4, 0.5) is 0 Å². The Bertz CT molecular complexity index is 1070. The SMILES string of the molecule is CC(C)CCOc1ccc(Sc2ccc(Br)cc2S(=O)(=O)Oc2ccccc2)cc1. The molecule has 0 amide bonds. The summed E-state index contributed by atoms with van der Waals surface area (Å²) in [5.41, 5.74) is 0. The van der Waals surface area contributed by atoms with Crippen LogP contribution in [-0.4, -0.2) is 15.0 Å². The Hall–Kier alpha value is -1.96. The second-order valence-electron chi connectivity index (χ2n) is 7.05. The first-order valence-electron chi connectivity index (χ1n) is 9.53. The summed E-state index contributed by atoms with van der Waals surface area (Å²) < 4.78 is 37.6. The normalized spacial score (nSPS) is 11.5. The first kappa shape index (κ1) is 22.7. The first-order chi connectivity index (χ1) is 14.3. The van der Waals surface area contributed by atoms with Gasteiger partial charge in [-0.2, -0.15) is 8.42 Å². The summed E-state index contributed by atoms with van der Waals surface area (Å²) in [5, 5.41) is 0. The van der Waals surface area contributed by atoms with E-state index in [1.165, 1.54) is 11.8 Å². The molecule has 0 unspecified atom stereocenters. The van der Waals surface area contributed by atoms with Gasteiger partial charge in [-0.15, -0.1) is 0 Å². The van der Waals surface area contributed by atoms with Gasteiger partial charge in [-0.1, -0.05) is 59.7 Å². The molecule has 3 rings (SSSR count). The lowest BCUT2D eigenvalue weighted by molar-refractivity contribution is 0.289. The zero-order valence-corrected chi connectivity index (χ0v) is 20.0. The van der Waals surface area contributed by atoms with Crippen LogP contribution in [0.15, 0.2) is 92.0 Å². The van der Waals surface area contributed by atoms with E-state index in [0.29, 0.717) is 21.9 Å². The molecule has 0 saturated carbocycles. The topological polar surface area (TPSA) is 52.6 Å². The smallest absolute Gasteiger partial charge is 0.340 e. The number of halogens is 1. The maximum atomic E-state index is 12.9. The summed E-state index contributed by atoms with van der Waals surface area (Å²) in [6.07, 6.45) is 0.998. The van der Waals surface area contributed by atoms with E-state index >= 15 is 0 Å². The van der Waals surface area contributed by atoms with Gasteiger partial charge < -0.3 is 8.92 Å². The fourth-order valence-corrected chi connectivity index (χ4v) is 5.36. The highest BCUT2D eigenvalue weighted by Crippen LogP contribution is 2.36. The molecule has 158 valence electrons. The van der Waals surface area contributed by atoms with E-state index < -0.39 is 10.1 Å². The quantitative estimate of drug-likeness (QED) is 0.299. The molecule has 0 aromatic heterocycles. The summed E-state index contributed by atoms with van der Waals surface area (Å²) in [6.45, 7) is 5.00. The van der Waals surface area contributed by atoms with Crippen molar-refractivity contribution in [2.45, 2.75) is 35.0 Å². The Kier molecular flexibility index (Phi) is 7.86. The van der Waals surface area contributed by atoms with Crippen LogP contribution in [0.2, 0.25) is 0 Å². The maximum Gasteiger partial charge on any atom is 0.340 e. The number of benzene rings is 3. The lowest BCUT2D eigenvalue weighted by atomic mass is 10.1. The van der Waals surface area contributed by atoms with E-state index in [4.69, 9.17) is 8.92 Å². The van der Waals surface area contributed by atoms with Crippen LogP contribution in [0.1, 0.15) is 20.3 Å². The Morgan fingerprint density at radius 1 is 0.933 bits per heavy atom. The van der Waals surface area contributed by atoms with Crippen LogP contribution >= 0.6 is 27.7 Å². The Labute approximate surface area is 190 Å². The Morgan fingerprint density at radius 2 is 1.63 bits per heavy atom. The molecule has 0 saturated heterocycles. The predicted octanol–water partition coefficient (Wildman–Crippen LogP) is 6.79. The van der Waals surface area contributed by atoms with Crippen molar-refractivity contribution in [3.05, 3.63) is 77.3 Å². The average molecular weight is 507 g/mol. The highest BCUT2D eigenvalue weighted by atomic mass is 79.9. The monoisotopic (exact) mass is 506 g/mol. The van der Waals surface area contributed by atoms with Crippen molar-refractivity contribution in [3.63, 3.8) is 0 Å². The second-order valence-corrected chi connectivity index (χ2v) is 10.6. The fraction of sp³-hybridized carbons (Fsp3) is 0.217. The van der Waals surface area contributed by atoms with E-state index in [9.17, 15) is 8.42 Å². The number of rotatable bonds is 9. The van der Waals surface area contributed by atoms with E-state index in [1.807, 2.05) is 30.3 Å². The predicted molar refractivity (Wildman–Crippen MR) is 124 cm³/mol. The van der Waals surface area contributed by atoms with Crippen LogP contribution < -0.4 is 8.92 Å². The largest absolute Gasteiger partial charge is 0.494 e. The third-order valence-electron chi connectivity index (χ3n) is 4.14. The molecule has 0 aliphatic carbocycles. The number of para-hydroxylation sites is 1. The van der Waals surface area contributed by atoms with Crippen molar-refractivity contribution in [3.8, 4) is 11.5 Å². The molecule has 4 nitrogen and oxygen atoms in total. The van der Waals surface area contributed by atoms with Crippen LogP contribution in [0, 0.1) is 5.92 Å². The lowest BCUT2D eigenvalue weighted by Crippen LogP contribution is -2.11. The van der Waals surface area contributed by atoms with Crippen LogP contribution in [-0.2, 0) is 10.1 Å². The maximum absolute atomic E-state index is 12.9. The van der Waals surface area contributed by atoms with Crippen LogP contribution in [0.5, 0.6) is 11.5 Å². The molecule has 0 N–H and O–H groups in total. The molecule has 0 radical (unpaired) electrons. The summed E-state index contributed by atoms with van der Waals surface area (Å²) >= 11 is 4.72. The van der Waals surface area contributed by atoms with Gasteiger partial charge in [0.05, 0.1) is 6.61 Å². The summed E-state index contributed by atoms with van der Waals surface area (Å²) in [5.74, 6) is 1.67. The second kappa shape index (κ2) is 10.4. The Morgan fingerprint density at radius 3 is 2.30 bits per heavy atom. The average Bonchev–Trinajstić information content (AvgIpc) is 2.71. The molecule has 3 aromatic carbocycles. The molecule has 7 heteroatoms. The molecule has 30 heavy (non-hydrogen) atoms. The van der Waals surface area contributed by atoms with E-state index in [1.54, 1.807) is 42.5 Å². The van der Waals surface area contributed by atoms with Gasteiger partial charge in [0.1, 0.15) is 16.4 Å². The summed E-state index contributed by atoms with van der Waals surface area (Å²) in [6, 6.07) is 21.3. The number of hydrogen-bond acceptors (Lipinski definition) is 5. The van der Waals surface area contributed by atoms with Gasteiger partial charge in [0.2, 0.25) is 0 Å². The summed E-state index contributed by atoms with van der Waals surface area (Å²) in [7, 11) is -3.99. The first-order valence-corrected chi connectivity index (χ1v) is 12.5. The molecule has 0 aliphatic rings. The van der Waals surface area contributed by atoms with Crippen LogP contribution in [0.3, 0.4) is 0 Å². The minimum atomic E-state index is -3.99. The van der Waals surface area contributed by atoms with Crippen molar-refractivity contribution in [1.29, 1.82) is 0 Å². The van der Waals surface area contributed by atoms with Crippen molar-refractivity contribution in [1.82, 2.24) is 0 Å². The number of hydrogen-bond donors (Lipinski definition) is 0. The highest BCUT2D eigenvalue weighted by Gasteiger charge is 2.22. The highest BCUT2D eigenvalue weighted by molar-refractivity contribution is 9.10. The minimum absolute atomic E-state index is 0.114. The van der Waals surface area contributed by atoms with Gasteiger partial charge >= 0.3 is 10.1 Å². The van der Waals surface area contributed by atoms with Gasteiger partial charge in [-0.3, -0.25) is 0 Å². The number of ether oxygens (including phenoxy) is 1. The lowest BCUT2D eigenvalue weighted by Gasteiger charge is -2.12. The third kappa shape index (κ3) is 6.52. The van der Waals surface area contributed by atoms with Crippen molar-refractivity contribution in [2.24, 2.45) is 5.92 Å². The van der Waals surface area contributed by atoms with Gasteiger partial charge in [-0.05, 0) is 66.9 Å². The standard InChI is InChI=1S/C23H23BrO4S2/c1-17(2)14-15-27-19-9-11-21(12-10-19)29-22-13-8-18(24)16-23(22)30(25,26)28-20-6-4-3-5-7-20/h3-13,16-17H,14-15H2,1-2H3. The molecule has 0 fully saturated rings. The van der Waals surface area contributed by atoms with E-state index in [-0.39, 0.29) is 10.6 Å². The van der Waals surface area contributed by atoms with Crippen molar-refractivity contribution < 1.29 is 17.3 Å². The molecule has 0 spiro atoms. The molecular weight excluding hydrogens is 484 g/mol. The molecule has 0 heterocycles. The van der Waals surface area contributed by atoms with E-state index in [2.05, 4.69) is 29.8 Å². The van der Waals surface area contributed by atoms with E-state index in [0.717, 1.165) is 17.1 Å². The Balaban J connectivity index is 1.78. The van der Waals surface area contributed by atoms with Crippen LogP contribution in [0.25, 0.3) is 0 Å². The van der Waals surface area contributed by atoms with Gasteiger partial charge in [0.25, 0.3) is 0 Å². The molecule has 0 aliphatic heterocycles. The molecule has 0 bridgehead atoms. The molecular formula is C23H23BrO4S2. The zero-order chi connectivity index (χ0) is 21.6. The minimum Gasteiger partial charge on any atom is -0.494 e. The molecule has 0 atom stereocenters. The summed E-state index contributed by atoms with van der Waals surface area (Å²) in [4.78, 5) is 1.61. The zero-order valence-electron chi connectivity index (χ0n) is 16.7. The van der Waals surface area contributed by atoms with Crippen molar-refractivity contribution >= 4 is 37.8 Å². The fourth-order valence-electron chi connectivity index (χ4n) is 2.55. The van der Waals surface area contributed by atoms with Gasteiger partial charge in [0.15, 0.2) is 0 Å². The van der Waals surface area contributed by atoms with Gasteiger partial charge in [0, 0.05) is 14.3 Å². The molecule has 3 aromatic rings. The van der Waals surface area contributed by atoms with Gasteiger partial charge in [-0.25, -0.2) is 0 Å². The van der Waals surface area contributed by atoms with Crippen molar-refractivity contribution in [2.75, 3.05) is 6.61 Å².